The van der Waals surface area contributed by atoms with E-state index < -0.39 is 5.91 Å². The van der Waals surface area contributed by atoms with Crippen molar-refractivity contribution < 1.29 is 4.79 Å². The van der Waals surface area contributed by atoms with Gasteiger partial charge in [0, 0.05) is 22.7 Å². The molecule has 1 aliphatic carbocycles. The number of H-pyrrole nitrogens is 1. The average molecular weight is 454 g/mol. The molecule has 0 saturated carbocycles. The van der Waals surface area contributed by atoms with Crippen LogP contribution in [0, 0.1) is 0 Å². The number of rotatable bonds is 3. The van der Waals surface area contributed by atoms with E-state index in [4.69, 9.17) is 15.7 Å². The van der Waals surface area contributed by atoms with E-state index in [-0.39, 0.29) is 5.92 Å². The van der Waals surface area contributed by atoms with Crippen molar-refractivity contribution in [2.24, 2.45) is 5.73 Å². The van der Waals surface area contributed by atoms with Crippen LogP contribution < -0.4 is 5.73 Å². The Hall–Kier alpha value is -4.84. The van der Waals surface area contributed by atoms with Gasteiger partial charge in [-0.15, -0.1) is 0 Å². The van der Waals surface area contributed by atoms with E-state index in [2.05, 4.69) is 52.4 Å². The Morgan fingerprint density at radius 3 is 2.51 bits per heavy atom. The highest BCUT2D eigenvalue weighted by molar-refractivity contribution is 6.05. The number of hydrogen-bond donors (Lipinski definition) is 2. The number of benzene rings is 3. The Labute approximate surface area is 200 Å². The van der Waals surface area contributed by atoms with Gasteiger partial charge in [-0.05, 0) is 46.5 Å². The molecular weight excluding hydrogens is 434 g/mol. The normalized spacial score (nSPS) is 14.2. The molecule has 1 atom stereocenters. The van der Waals surface area contributed by atoms with Crippen molar-refractivity contribution in [3.63, 3.8) is 0 Å². The third kappa shape index (κ3) is 2.90. The van der Waals surface area contributed by atoms with Gasteiger partial charge in [-0.25, -0.2) is 4.98 Å². The number of imidazole rings is 1. The highest BCUT2D eigenvalue weighted by Crippen LogP contribution is 2.51. The summed E-state index contributed by atoms with van der Waals surface area (Å²) >= 11 is 0. The summed E-state index contributed by atoms with van der Waals surface area (Å²) in [6, 6.07) is 26.2. The first-order chi connectivity index (χ1) is 17.2. The summed E-state index contributed by atoms with van der Waals surface area (Å²) in [5.41, 5.74) is 15.3. The maximum atomic E-state index is 11.9. The second-order valence-electron chi connectivity index (χ2n) is 8.74. The number of primary amides is 1. The SMILES string of the molecule is NC(=O)c1cccc2nc(C3c4ccccc4-c4c(-c5nc6ccncc6[nH]5)cccc43)ccc12. The second-order valence-corrected chi connectivity index (χ2v) is 8.74. The lowest BCUT2D eigenvalue weighted by atomic mass is 9.91. The summed E-state index contributed by atoms with van der Waals surface area (Å²) in [5.74, 6) is 0.332. The van der Waals surface area contributed by atoms with Crippen LogP contribution in [0.25, 0.3) is 44.5 Å². The minimum Gasteiger partial charge on any atom is -0.366 e. The maximum Gasteiger partial charge on any atom is 0.249 e. The van der Waals surface area contributed by atoms with Crippen molar-refractivity contribution in [3.8, 4) is 22.5 Å². The van der Waals surface area contributed by atoms with Crippen molar-refractivity contribution >= 4 is 27.8 Å². The minimum atomic E-state index is -0.451. The Bertz CT molecular complexity index is 1770. The van der Waals surface area contributed by atoms with E-state index in [1.54, 1.807) is 18.5 Å². The average Bonchev–Trinajstić information content (AvgIpc) is 3.47. The summed E-state index contributed by atoms with van der Waals surface area (Å²) in [7, 11) is 0. The van der Waals surface area contributed by atoms with Gasteiger partial charge in [-0.1, -0.05) is 54.6 Å². The first-order valence-electron chi connectivity index (χ1n) is 11.4. The van der Waals surface area contributed by atoms with E-state index in [0.717, 1.165) is 44.6 Å². The van der Waals surface area contributed by atoms with Crippen molar-refractivity contribution in [2.75, 3.05) is 0 Å². The number of nitrogens with zero attached hydrogens (tertiary/aromatic N) is 3. The predicted octanol–water partition coefficient (Wildman–Crippen LogP) is 5.43. The van der Waals surface area contributed by atoms with Crippen LogP contribution in [0.1, 0.15) is 33.1 Å². The number of aromatic nitrogens is 4. The number of nitrogens with two attached hydrogens (primary N) is 1. The van der Waals surface area contributed by atoms with Gasteiger partial charge in [0.25, 0.3) is 0 Å². The Morgan fingerprint density at radius 1 is 0.800 bits per heavy atom. The highest BCUT2D eigenvalue weighted by Gasteiger charge is 2.33. The fourth-order valence-corrected chi connectivity index (χ4v) is 5.30. The van der Waals surface area contributed by atoms with E-state index in [1.807, 2.05) is 30.3 Å². The van der Waals surface area contributed by atoms with E-state index in [0.29, 0.717) is 5.56 Å². The van der Waals surface area contributed by atoms with E-state index >= 15 is 0 Å². The number of nitrogens with one attached hydrogen (secondary N) is 1. The van der Waals surface area contributed by atoms with Crippen molar-refractivity contribution in [2.45, 2.75) is 5.92 Å². The molecule has 6 nitrogen and oxygen atoms in total. The number of carbonyl (C=O) groups excluding carboxylic acids is 1. The van der Waals surface area contributed by atoms with Gasteiger partial charge in [0.2, 0.25) is 5.91 Å². The molecule has 3 aromatic heterocycles. The molecule has 0 radical (unpaired) electrons. The number of hydrogen-bond acceptors (Lipinski definition) is 4. The van der Waals surface area contributed by atoms with Gasteiger partial charge in [0.15, 0.2) is 0 Å². The Morgan fingerprint density at radius 2 is 1.63 bits per heavy atom. The van der Waals surface area contributed by atoms with Crippen LogP contribution in [0.4, 0.5) is 0 Å². The first-order valence-corrected chi connectivity index (χ1v) is 11.4. The predicted molar refractivity (Wildman–Crippen MR) is 136 cm³/mol. The third-order valence-corrected chi connectivity index (χ3v) is 6.80. The van der Waals surface area contributed by atoms with Gasteiger partial charge in [-0.3, -0.25) is 14.8 Å². The Kier molecular flexibility index (Phi) is 4.11. The van der Waals surface area contributed by atoms with Crippen molar-refractivity contribution in [3.05, 3.63) is 114 Å². The van der Waals surface area contributed by atoms with Gasteiger partial charge < -0.3 is 10.7 Å². The van der Waals surface area contributed by atoms with Gasteiger partial charge in [-0.2, -0.15) is 0 Å². The van der Waals surface area contributed by atoms with E-state index in [9.17, 15) is 4.79 Å². The lowest BCUT2D eigenvalue weighted by Gasteiger charge is -2.15. The molecule has 1 unspecified atom stereocenters. The molecule has 6 heteroatoms. The topological polar surface area (TPSA) is 97.6 Å². The Balaban J connectivity index is 1.45. The standard InChI is InChI=1S/C29H19N5O/c30-28(35)19-7-4-10-22-16(19)11-12-24(32-22)27-18-6-2-1-5-17(18)26-20(27)8-3-9-21(26)29-33-23-13-14-31-15-25(23)34-29/h1-15,27H,(H2,30,35)(H,33,34). The molecule has 1 amide bonds. The quantitative estimate of drug-likeness (QED) is 0.373. The lowest BCUT2D eigenvalue weighted by molar-refractivity contribution is 0.100. The monoisotopic (exact) mass is 453 g/mol. The van der Waals surface area contributed by atoms with Gasteiger partial charge in [0.1, 0.15) is 5.82 Å². The molecule has 1 aliphatic rings. The number of carbonyl (C=O) groups is 1. The molecule has 3 aromatic carbocycles. The zero-order valence-corrected chi connectivity index (χ0v) is 18.6. The van der Waals surface area contributed by atoms with Crippen LogP contribution in [0.5, 0.6) is 0 Å². The largest absolute Gasteiger partial charge is 0.366 e. The fourth-order valence-electron chi connectivity index (χ4n) is 5.30. The van der Waals surface area contributed by atoms with Gasteiger partial charge in [0.05, 0.1) is 34.4 Å². The summed E-state index contributed by atoms with van der Waals surface area (Å²) in [6.45, 7) is 0. The molecule has 0 spiro atoms. The molecule has 166 valence electrons. The first kappa shape index (κ1) is 19.6. The van der Waals surface area contributed by atoms with Gasteiger partial charge >= 0.3 is 0 Å². The van der Waals surface area contributed by atoms with Crippen molar-refractivity contribution in [1.29, 1.82) is 0 Å². The van der Waals surface area contributed by atoms with Crippen LogP contribution in [-0.4, -0.2) is 25.8 Å². The highest BCUT2D eigenvalue weighted by atomic mass is 16.1. The molecule has 6 aromatic rings. The maximum absolute atomic E-state index is 11.9. The van der Waals surface area contributed by atoms with E-state index in [1.165, 1.54) is 16.7 Å². The molecule has 3 N–H and O–H groups in total. The summed E-state index contributed by atoms with van der Waals surface area (Å²) in [4.78, 5) is 29.4. The van der Waals surface area contributed by atoms with Crippen LogP contribution >= 0.6 is 0 Å². The zero-order chi connectivity index (χ0) is 23.5. The molecule has 3 heterocycles. The number of aromatic amines is 1. The van der Waals surface area contributed by atoms with Crippen LogP contribution in [0.2, 0.25) is 0 Å². The molecule has 35 heavy (non-hydrogen) atoms. The number of pyridine rings is 2. The molecule has 0 bridgehead atoms. The van der Waals surface area contributed by atoms with Crippen LogP contribution in [0.3, 0.4) is 0 Å². The summed E-state index contributed by atoms with van der Waals surface area (Å²) < 4.78 is 0. The molecular formula is C29H19N5O. The minimum absolute atomic E-state index is 0.0335. The second kappa shape index (κ2) is 7.33. The lowest BCUT2D eigenvalue weighted by Crippen LogP contribution is -2.11. The smallest absolute Gasteiger partial charge is 0.249 e. The fraction of sp³-hybridized carbons (Fsp3) is 0.0345. The number of fused-ring (bicyclic) bond motifs is 5. The van der Waals surface area contributed by atoms with Crippen molar-refractivity contribution in [1.82, 2.24) is 19.9 Å². The zero-order valence-electron chi connectivity index (χ0n) is 18.6. The summed E-state index contributed by atoms with van der Waals surface area (Å²) in [6.07, 6.45) is 3.55. The molecule has 0 saturated heterocycles. The third-order valence-electron chi connectivity index (χ3n) is 6.80. The molecule has 0 fully saturated rings. The number of amides is 1. The molecule has 0 aliphatic heterocycles. The summed E-state index contributed by atoms with van der Waals surface area (Å²) in [5, 5.41) is 0.764. The van der Waals surface area contributed by atoms with Crippen LogP contribution in [0.15, 0.2) is 91.3 Å². The molecule has 7 rings (SSSR count). The van der Waals surface area contributed by atoms with Crippen LogP contribution in [-0.2, 0) is 0 Å².